The van der Waals surface area contributed by atoms with Crippen LogP contribution >= 0.6 is 0 Å². The van der Waals surface area contributed by atoms with Gasteiger partial charge in [-0.1, -0.05) is 24.3 Å². The highest BCUT2D eigenvalue weighted by Gasteiger charge is 2.17. The molecule has 2 aromatic rings. The Balaban J connectivity index is 2.12. The number of carbonyl (C=O) groups excluding carboxylic acids is 1. The minimum Gasteiger partial charge on any atom is -0.333 e. The number of likely N-dealkylation sites (N-methyl/N-ethyl adjacent to an activating group) is 1. The SMILES string of the molecule is CCN(C(=O)/C=C/c1ccc(F)cc1)C(C)c1ccc(C#N)cc1. The van der Waals surface area contributed by atoms with Crippen molar-refractivity contribution in [3.8, 4) is 6.07 Å². The predicted molar refractivity (Wildman–Crippen MR) is 92.4 cm³/mol. The number of amides is 1. The Hall–Kier alpha value is -2.93. The largest absolute Gasteiger partial charge is 0.333 e. The lowest BCUT2D eigenvalue weighted by Gasteiger charge is -2.27. The van der Waals surface area contributed by atoms with Gasteiger partial charge in [0.2, 0.25) is 5.91 Å². The molecule has 0 N–H and O–H groups in total. The van der Waals surface area contributed by atoms with E-state index in [-0.39, 0.29) is 17.8 Å². The van der Waals surface area contributed by atoms with Gasteiger partial charge < -0.3 is 4.90 Å². The Labute approximate surface area is 141 Å². The van der Waals surface area contributed by atoms with Crippen molar-refractivity contribution in [2.45, 2.75) is 19.9 Å². The van der Waals surface area contributed by atoms with Crippen molar-refractivity contribution >= 4 is 12.0 Å². The molecule has 0 bridgehead atoms. The zero-order chi connectivity index (χ0) is 17.5. The quantitative estimate of drug-likeness (QED) is 0.770. The number of halogens is 1. The first kappa shape index (κ1) is 17.4. The van der Waals surface area contributed by atoms with Crippen LogP contribution in [0.2, 0.25) is 0 Å². The fourth-order valence-corrected chi connectivity index (χ4v) is 2.47. The second kappa shape index (κ2) is 8.07. The Morgan fingerprint density at radius 1 is 1.21 bits per heavy atom. The van der Waals surface area contributed by atoms with E-state index in [4.69, 9.17) is 5.26 Å². The van der Waals surface area contributed by atoms with Crippen molar-refractivity contribution < 1.29 is 9.18 Å². The molecule has 4 heteroatoms. The van der Waals surface area contributed by atoms with Crippen LogP contribution in [-0.2, 0) is 4.79 Å². The molecule has 2 aromatic carbocycles. The first-order valence-electron chi connectivity index (χ1n) is 7.79. The number of nitrogens with zero attached hydrogens (tertiary/aromatic N) is 2. The molecule has 0 aliphatic heterocycles. The zero-order valence-electron chi connectivity index (χ0n) is 13.7. The molecule has 1 atom stereocenters. The number of rotatable bonds is 5. The summed E-state index contributed by atoms with van der Waals surface area (Å²) in [4.78, 5) is 14.2. The Kier molecular flexibility index (Phi) is 5.86. The van der Waals surface area contributed by atoms with Crippen molar-refractivity contribution in [2.75, 3.05) is 6.54 Å². The molecule has 0 aliphatic carbocycles. The summed E-state index contributed by atoms with van der Waals surface area (Å²) >= 11 is 0. The lowest BCUT2D eigenvalue weighted by Crippen LogP contribution is -2.32. The molecule has 24 heavy (non-hydrogen) atoms. The van der Waals surface area contributed by atoms with Crippen molar-refractivity contribution in [1.82, 2.24) is 4.90 Å². The van der Waals surface area contributed by atoms with Gasteiger partial charge >= 0.3 is 0 Å². The minimum atomic E-state index is -0.303. The van der Waals surface area contributed by atoms with Crippen LogP contribution in [0.4, 0.5) is 4.39 Å². The first-order valence-corrected chi connectivity index (χ1v) is 7.79. The molecule has 0 saturated carbocycles. The first-order chi connectivity index (χ1) is 11.5. The molecule has 0 spiro atoms. The maximum absolute atomic E-state index is 12.9. The lowest BCUT2D eigenvalue weighted by molar-refractivity contribution is -0.127. The molecule has 3 nitrogen and oxygen atoms in total. The van der Waals surface area contributed by atoms with Crippen LogP contribution < -0.4 is 0 Å². The predicted octanol–water partition coefficient (Wildman–Crippen LogP) is 4.32. The third-order valence-corrected chi connectivity index (χ3v) is 3.90. The number of hydrogen-bond acceptors (Lipinski definition) is 2. The van der Waals surface area contributed by atoms with E-state index in [0.717, 1.165) is 11.1 Å². The molecule has 0 heterocycles. The number of carbonyl (C=O) groups is 1. The average Bonchev–Trinajstić information content (AvgIpc) is 2.61. The average molecular weight is 322 g/mol. The van der Waals surface area contributed by atoms with E-state index in [1.54, 1.807) is 35.2 Å². The Bertz CT molecular complexity index is 758. The fourth-order valence-electron chi connectivity index (χ4n) is 2.47. The smallest absolute Gasteiger partial charge is 0.247 e. The van der Waals surface area contributed by atoms with Crippen LogP contribution in [0.3, 0.4) is 0 Å². The van der Waals surface area contributed by atoms with Gasteiger partial charge in [-0.2, -0.15) is 5.26 Å². The highest BCUT2D eigenvalue weighted by Crippen LogP contribution is 2.21. The zero-order valence-corrected chi connectivity index (χ0v) is 13.7. The summed E-state index contributed by atoms with van der Waals surface area (Å²) in [5.74, 6) is -0.415. The molecule has 2 rings (SSSR count). The van der Waals surface area contributed by atoms with Crippen molar-refractivity contribution in [3.63, 3.8) is 0 Å². The summed E-state index contributed by atoms with van der Waals surface area (Å²) in [6, 6.07) is 15.2. The van der Waals surface area contributed by atoms with Gasteiger partial charge in [-0.15, -0.1) is 0 Å². The number of benzene rings is 2. The van der Waals surface area contributed by atoms with Crippen LogP contribution in [-0.4, -0.2) is 17.4 Å². The van der Waals surface area contributed by atoms with E-state index in [2.05, 4.69) is 6.07 Å². The van der Waals surface area contributed by atoms with Gasteiger partial charge in [0.1, 0.15) is 5.82 Å². The summed E-state index contributed by atoms with van der Waals surface area (Å²) in [6.45, 7) is 4.44. The molecule has 122 valence electrons. The Morgan fingerprint density at radius 3 is 2.38 bits per heavy atom. The maximum Gasteiger partial charge on any atom is 0.247 e. The molecular formula is C20H19FN2O. The summed E-state index contributed by atoms with van der Waals surface area (Å²) in [5, 5.41) is 8.86. The van der Waals surface area contributed by atoms with Gasteiger partial charge in [0, 0.05) is 12.6 Å². The summed E-state index contributed by atoms with van der Waals surface area (Å²) in [5.41, 5.74) is 2.34. The van der Waals surface area contributed by atoms with E-state index >= 15 is 0 Å². The molecule has 1 amide bonds. The summed E-state index contributed by atoms with van der Waals surface area (Å²) < 4.78 is 12.9. The third-order valence-electron chi connectivity index (χ3n) is 3.90. The van der Waals surface area contributed by atoms with Crippen LogP contribution in [0, 0.1) is 17.1 Å². The van der Waals surface area contributed by atoms with Gasteiger partial charge in [0.25, 0.3) is 0 Å². The van der Waals surface area contributed by atoms with Gasteiger partial charge in [0.15, 0.2) is 0 Å². The molecule has 1 unspecified atom stereocenters. The van der Waals surface area contributed by atoms with Crippen LogP contribution in [0.15, 0.2) is 54.6 Å². The van der Waals surface area contributed by atoms with Gasteiger partial charge in [0.05, 0.1) is 17.7 Å². The normalized spacial score (nSPS) is 11.9. The van der Waals surface area contributed by atoms with Crippen molar-refractivity contribution in [1.29, 1.82) is 5.26 Å². The second-order valence-corrected chi connectivity index (χ2v) is 5.42. The van der Waals surface area contributed by atoms with Crippen LogP contribution in [0.5, 0.6) is 0 Å². The highest BCUT2D eigenvalue weighted by molar-refractivity contribution is 5.92. The number of nitriles is 1. The molecule has 0 fully saturated rings. The monoisotopic (exact) mass is 322 g/mol. The molecule has 0 aliphatic rings. The summed E-state index contributed by atoms with van der Waals surface area (Å²) in [6.07, 6.45) is 3.17. The van der Waals surface area contributed by atoms with E-state index in [1.807, 2.05) is 26.0 Å². The minimum absolute atomic E-state index is 0.104. The van der Waals surface area contributed by atoms with Crippen molar-refractivity contribution in [2.24, 2.45) is 0 Å². The summed E-state index contributed by atoms with van der Waals surface area (Å²) in [7, 11) is 0. The fraction of sp³-hybridized carbons (Fsp3) is 0.200. The second-order valence-electron chi connectivity index (χ2n) is 5.42. The van der Waals surface area contributed by atoms with E-state index in [9.17, 15) is 9.18 Å². The highest BCUT2D eigenvalue weighted by atomic mass is 19.1. The van der Waals surface area contributed by atoms with Crippen molar-refractivity contribution in [3.05, 3.63) is 77.1 Å². The maximum atomic E-state index is 12.9. The van der Waals surface area contributed by atoms with Crippen LogP contribution in [0.1, 0.15) is 36.6 Å². The van der Waals surface area contributed by atoms with Gasteiger partial charge in [-0.25, -0.2) is 4.39 Å². The van der Waals surface area contributed by atoms with Gasteiger partial charge in [-0.3, -0.25) is 4.79 Å². The van der Waals surface area contributed by atoms with E-state index in [0.29, 0.717) is 12.1 Å². The molecule has 0 saturated heterocycles. The van der Waals surface area contributed by atoms with E-state index in [1.165, 1.54) is 18.2 Å². The standard InChI is InChI=1S/C20H19FN2O/c1-3-23(15(2)18-9-4-17(14-22)5-10-18)20(24)13-8-16-6-11-19(21)12-7-16/h4-13,15H,3H2,1-2H3/b13-8+. The third kappa shape index (κ3) is 4.30. The van der Waals surface area contributed by atoms with Gasteiger partial charge in [-0.05, 0) is 55.3 Å². The molecular weight excluding hydrogens is 303 g/mol. The topological polar surface area (TPSA) is 44.1 Å². The van der Waals surface area contributed by atoms with Crippen LogP contribution in [0.25, 0.3) is 6.08 Å². The number of hydrogen-bond donors (Lipinski definition) is 0. The lowest BCUT2D eigenvalue weighted by atomic mass is 10.0. The Morgan fingerprint density at radius 2 is 1.83 bits per heavy atom. The molecule has 0 aromatic heterocycles. The van der Waals surface area contributed by atoms with E-state index < -0.39 is 0 Å². The molecule has 0 radical (unpaired) electrons.